The lowest BCUT2D eigenvalue weighted by Crippen LogP contribution is -2.05. The minimum absolute atomic E-state index is 0.497. The predicted molar refractivity (Wildman–Crippen MR) is 72.8 cm³/mol. The predicted octanol–water partition coefficient (Wildman–Crippen LogP) is 2.75. The van der Waals surface area contributed by atoms with Gasteiger partial charge in [0.05, 0.1) is 5.69 Å². The van der Waals surface area contributed by atoms with E-state index < -0.39 is 6.10 Å². The Kier molecular flexibility index (Phi) is 2.87. The quantitative estimate of drug-likeness (QED) is 0.784. The lowest BCUT2D eigenvalue weighted by molar-refractivity contribution is 0.150. The van der Waals surface area contributed by atoms with Gasteiger partial charge in [0.1, 0.15) is 17.4 Å². The third kappa shape index (κ3) is 2.27. The van der Waals surface area contributed by atoms with Gasteiger partial charge in [-0.2, -0.15) is 5.10 Å². The van der Waals surface area contributed by atoms with Crippen LogP contribution in [0, 0.1) is 6.92 Å². The molecular formula is C15H16N2O2. The van der Waals surface area contributed by atoms with Gasteiger partial charge >= 0.3 is 0 Å². The Hall–Kier alpha value is -2.07. The van der Waals surface area contributed by atoms with E-state index in [-0.39, 0.29) is 0 Å². The Labute approximate surface area is 111 Å². The van der Waals surface area contributed by atoms with Gasteiger partial charge < -0.3 is 9.52 Å². The molecule has 19 heavy (non-hydrogen) atoms. The van der Waals surface area contributed by atoms with Crippen LogP contribution in [0.2, 0.25) is 0 Å². The highest BCUT2D eigenvalue weighted by Crippen LogP contribution is 2.25. The van der Waals surface area contributed by atoms with Gasteiger partial charge in [0, 0.05) is 24.5 Å². The lowest BCUT2D eigenvalue weighted by atomic mass is 10.1. The van der Waals surface area contributed by atoms with E-state index in [1.807, 2.05) is 50.4 Å². The zero-order valence-corrected chi connectivity index (χ0v) is 11.0. The fourth-order valence-corrected chi connectivity index (χ4v) is 2.32. The standard InChI is InChI=1S/C15H16N2O2/c1-10-7-12(17(2)16-10)9-13(18)15-8-11-5-3-4-6-14(11)19-15/h3-8,13,18H,9H2,1-2H3. The van der Waals surface area contributed by atoms with Crippen LogP contribution in [-0.4, -0.2) is 14.9 Å². The van der Waals surface area contributed by atoms with Crippen molar-refractivity contribution in [1.29, 1.82) is 0 Å². The molecule has 2 aromatic heterocycles. The summed E-state index contributed by atoms with van der Waals surface area (Å²) in [6.45, 7) is 1.94. The largest absolute Gasteiger partial charge is 0.458 e. The zero-order chi connectivity index (χ0) is 13.4. The number of para-hydroxylation sites is 1. The monoisotopic (exact) mass is 256 g/mol. The topological polar surface area (TPSA) is 51.2 Å². The number of aliphatic hydroxyl groups excluding tert-OH is 1. The van der Waals surface area contributed by atoms with E-state index in [0.29, 0.717) is 12.2 Å². The summed E-state index contributed by atoms with van der Waals surface area (Å²) in [7, 11) is 1.88. The number of hydrogen-bond acceptors (Lipinski definition) is 3. The van der Waals surface area contributed by atoms with Crippen LogP contribution < -0.4 is 0 Å². The molecule has 1 aromatic carbocycles. The van der Waals surface area contributed by atoms with Crippen LogP contribution in [0.5, 0.6) is 0 Å². The Morgan fingerprint density at radius 2 is 2.11 bits per heavy atom. The molecule has 0 saturated carbocycles. The third-order valence-electron chi connectivity index (χ3n) is 3.27. The highest BCUT2D eigenvalue weighted by atomic mass is 16.4. The smallest absolute Gasteiger partial charge is 0.134 e. The lowest BCUT2D eigenvalue weighted by Gasteiger charge is -2.07. The SMILES string of the molecule is Cc1cc(CC(O)c2cc3ccccc3o2)n(C)n1. The van der Waals surface area contributed by atoms with Crippen LogP contribution in [0.15, 0.2) is 40.8 Å². The molecule has 3 rings (SSSR count). The van der Waals surface area contributed by atoms with Gasteiger partial charge in [0.2, 0.25) is 0 Å². The van der Waals surface area contributed by atoms with Gasteiger partial charge in [-0.3, -0.25) is 4.68 Å². The molecule has 0 saturated heterocycles. The molecule has 0 aliphatic carbocycles. The van der Waals surface area contributed by atoms with Gasteiger partial charge in [-0.25, -0.2) is 0 Å². The number of benzene rings is 1. The first kappa shape index (κ1) is 12.0. The van der Waals surface area contributed by atoms with Crippen molar-refractivity contribution in [1.82, 2.24) is 9.78 Å². The van der Waals surface area contributed by atoms with Crippen LogP contribution >= 0.6 is 0 Å². The maximum absolute atomic E-state index is 10.3. The number of aromatic nitrogens is 2. The summed E-state index contributed by atoms with van der Waals surface area (Å²) >= 11 is 0. The summed E-state index contributed by atoms with van der Waals surface area (Å²) in [6.07, 6.45) is -0.154. The normalized spacial score (nSPS) is 13.0. The van der Waals surface area contributed by atoms with Gasteiger partial charge in [-0.15, -0.1) is 0 Å². The summed E-state index contributed by atoms with van der Waals surface area (Å²) in [5.41, 5.74) is 2.75. The fraction of sp³-hybridized carbons (Fsp3) is 0.267. The molecule has 0 radical (unpaired) electrons. The van der Waals surface area contributed by atoms with Crippen LogP contribution in [-0.2, 0) is 13.5 Å². The molecule has 0 aliphatic heterocycles. The molecule has 0 amide bonds. The molecular weight excluding hydrogens is 240 g/mol. The second-order valence-electron chi connectivity index (χ2n) is 4.81. The Morgan fingerprint density at radius 1 is 1.32 bits per heavy atom. The molecule has 1 atom stereocenters. The summed E-state index contributed by atoms with van der Waals surface area (Å²) in [5.74, 6) is 0.597. The first-order chi connectivity index (χ1) is 9.13. The molecule has 3 aromatic rings. The highest BCUT2D eigenvalue weighted by molar-refractivity contribution is 5.77. The molecule has 0 fully saturated rings. The maximum Gasteiger partial charge on any atom is 0.134 e. The Bertz CT molecular complexity index is 679. The first-order valence-electron chi connectivity index (χ1n) is 6.29. The number of aliphatic hydroxyl groups is 1. The van der Waals surface area contributed by atoms with Crippen LogP contribution in [0.3, 0.4) is 0 Å². The van der Waals surface area contributed by atoms with Gasteiger partial charge in [0.25, 0.3) is 0 Å². The number of rotatable bonds is 3. The number of nitrogens with zero attached hydrogens (tertiary/aromatic N) is 2. The second-order valence-corrected chi connectivity index (χ2v) is 4.81. The first-order valence-corrected chi connectivity index (χ1v) is 6.29. The molecule has 98 valence electrons. The maximum atomic E-state index is 10.3. The van der Waals surface area contributed by atoms with Crippen molar-refractivity contribution in [3.63, 3.8) is 0 Å². The zero-order valence-electron chi connectivity index (χ0n) is 11.0. The van der Waals surface area contributed by atoms with Gasteiger partial charge in [0.15, 0.2) is 0 Å². The van der Waals surface area contributed by atoms with Crippen molar-refractivity contribution in [3.05, 3.63) is 53.5 Å². The number of furan rings is 1. The van der Waals surface area contributed by atoms with Crippen molar-refractivity contribution in [2.45, 2.75) is 19.4 Å². The second kappa shape index (κ2) is 4.55. The van der Waals surface area contributed by atoms with Crippen molar-refractivity contribution < 1.29 is 9.52 Å². The summed E-state index contributed by atoms with van der Waals surface area (Å²) < 4.78 is 7.46. The van der Waals surface area contributed by atoms with E-state index in [1.54, 1.807) is 4.68 Å². The molecule has 4 heteroatoms. The van der Waals surface area contributed by atoms with Crippen LogP contribution in [0.4, 0.5) is 0 Å². The fourth-order valence-electron chi connectivity index (χ4n) is 2.32. The van der Waals surface area contributed by atoms with E-state index in [1.165, 1.54) is 0 Å². The molecule has 0 bridgehead atoms. The van der Waals surface area contributed by atoms with Gasteiger partial charge in [-0.1, -0.05) is 18.2 Å². The minimum atomic E-state index is -0.651. The average Bonchev–Trinajstić information content (AvgIpc) is 2.93. The molecule has 0 spiro atoms. The number of fused-ring (bicyclic) bond motifs is 1. The van der Waals surface area contributed by atoms with E-state index in [0.717, 1.165) is 22.4 Å². The van der Waals surface area contributed by atoms with E-state index in [9.17, 15) is 5.11 Å². The number of hydrogen-bond donors (Lipinski definition) is 1. The summed E-state index contributed by atoms with van der Waals surface area (Å²) in [4.78, 5) is 0. The molecule has 4 nitrogen and oxygen atoms in total. The molecule has 1 N–H and O–H groups in total. The van der Waals surface area contributed by atoms with E-state index in [4.69, 9.17) is 4.42 Å². The van der Waals surface area contributed by atoms with Crippen LogP contribution in [0.1, 0.15) is 23.3 Å². The van der Waals surface area contributed by atoms with Crippen molar-refractivity contribution >= 4 is 11.0 Å². The van der Waals surface area contributed by atoms with Crippen molar-refractivity contribution in [2.24, 2.45) is 7.05 Å². The van der Waals surface area contributed by atoms with E-state index >= 15 is 0 Å². The Morgan fingerprint density at radius 3 is 2.79 bits per heavy atom. The van der Waals surface area contributed by atoms with Crippen molar-refractivity contribution in [2.75, 3.05) is 0 Å². The van der Waals surface area contributed by atoms with Crippen LogP contribution in [0.25, 0.3) is 11.0 Å². The average molecular weight is 256 g/mol. The van der Waals surface area contributed by atoms with Crippen molar-refractivity contribution in [3.8, 4) is 0 Å². The highest BCUT2D eigenvalue weighted by Gasteiger charge is 2.16. The molecule has 1 unspecified atom stereocenters. The molecule has 2 heterocycles. The number of aryl methyl sites for hydroxylation is 2. The third-order valence-corrected chi connectivity index (χ3v) is 3.27. The molecule has 0 aliphatic rings. The van der Waals surface area contributed by atoms with Gasteiger partial charge in [-0.05, 0) is 25.1 Å². The minimum Gasteiger partial charge on any atom is -0.458 e. The summed E-state index contributed by atoms with van der Waals surface area (Å²) in [6, 6.07) is 11.6. The Balaban J connectivity index is 1.87. The van der Waals surface area contributed by atoms with E-state index in [2.05, 4.69) is 5.10 Å². The summed E-state index contributed by atoms with van der Waals surface area (Å²) in [5, 5.41) is 15.6.